The number of H-pyrrole nitrogens is 1. The van der Waals surface area contributed by atoms with E-state index in [0.29, 0.717) is 0 Å². The van der Waals surface area contributed by atoms with Gasteiger partial charge < -0.3 is 24.6 Å². The van der Waals surface area contributed by atoms with Crippen LogP contribution in [0.5, 0.6) is 0 Å². The Morgan fingerprint density at radius 2 is 2.40 bits per heavy atom. The van der Waals surface area contributed by atoms with Crippen LogP contribution in [0.15, 0.2) is 16.1 Å². The van der Waals surface area contributed by atoms with Crippen molar-refractivity contribution < 1.29 is 19.7 Å². The fourth-order valence-electron chi connectivity index (χ4n) is 3.09. The van der Waals surface area contributed by atoms with Gasteiger partial charge in [-0.2, -0.15) is 4.98 Å². The minimum Gasteiger partial charge on any atom is -0.393 e. The lowest BCUT2D eigenvalue weighted by atomic mass is 10.0. The van der Waals surface area contributed by atoms with Gasteiger partial charge in [-0.25, -0.2) is 9.98 Å². The summed E-state index contributed by atoms with van der Waals surface area (Å²) < 4.78 is 12.9. The summed E-state index contributed by atoms with van der Waals surface area (Å²) in [7, 11) is 3.58. The number of fused-ring (bicyclic) bond motifs is 3. The second-order valence-electron chi connectivity index (χ2n) is 6.37. The van der Waals surface area contributed by atoms with Crippen molar-refractivity contribution in [1.82, 2.24) is 24.4 Å². The van der Waals surface area contributed by atoms with Crippen LogP contribution in [0.3, 0.4) is 0 Å². The van der Waals surface area contributed by atoms with Crippen molar-refractivity contribution >= 4 is 23.5 Å². The molecule has 2 aromatic heterocycles. The molecule has 2 aromatic rings. The maximum absolute atomic E-state index is 12.2. The predicted octanol–water partition coefficient (Wildman–Crippen LogP) is -1.64. The van der Waals surface area contributed by atoms with Gasteiger partial charge >= 0.3 is 0 Å². The van der Waals surface area contributed by atoms with E-state index < -0.39 is 29.6 Å². The van der Waals surface area contributed by atoms with E-state index in [1.807, 2.05) is 0 Å². The summed E-state index contributed by atoms with van der Waals surface area (Å²) in [6.07, 6.45) is 0.499. The fraction of sp³-hybridized carbons (Fsp3) is 0.571. The van der Waals surface area contributed by atoms with Crippen molar-refractivity contribution in [1.29, 1.82) is 0 Å². The van der Waals surface area contributed by atoms with Gasteiger partial charge in [0.1, 0.15) is 17.8 Å². The predicted molar refractivity (Wildman–Crippen MR) is 85.7 cm³/mol. The Balaban J connectivity index is 1.78. The van der Waals surface area contributed by atoms with E-state index in [1.165, 1.54) is 17.2 Å². The van der Waals surface area contributed by atoms with Gasteiger partial charge in [-0.05, 0) is 0 Å². The zero-order chi connectivity index (χ0) is 17.8. The van der Waals surface area contributed by atoms with Crippen LogP contribution in [0, 0.1) is 0 Å². The van der Waals surface area contributed by atoms with Crippen molar-refractivity contribution in [2.75, 3.05) is 27.3 Å². The largest absolute Gasteiger partial charge is 0.393 e. The molecule has 0 saturated carbocycles. The highest BCUT2D eigenvalue weighted by Gasteiger charge is 2.61. The van der Waals surface area contributed by atoms with Gasteiger partial charge in [-0.3, -0.25) is 14.3 Å². The number of aliphatic hydroxyl groups excluding tert-OH is 2. The van der Waals surface area contributed by atoms with Gasteiger partial charge in [-0.15, -0.1) is 0 Å². The van der Waals surface area contributed by atoms with E-state index >= 15 is 0 Å². The van der Waals surface area contributed by atoms with Gasteiger partial charge in [-0.1, -0.05) is 0 Å². The van der Waals surface area contributed by atoms with Gasteiger partial charge in [0.25, 0.3) is 5.56 Å². The summed E-state index contributed by atoms with van der Waals surface area (Å²) in [5.41, 5.74) is -1.21. The maximum Gasteiger partial charge on any atom is 0.280 e. The van der Waals surface area contributed by atoms with E-state index in [4.69, 9.17) is 9.47 Å². The molecular weight excluding hydrogens is 332 g/mol. The number of aromatic amines is 1. The molecule has 25 heavy (non-hydrogen) atoms. The molecule has 134 valence electrons. The molecule has 4 rings (SSSR count). The Hall–Kier alpha value is -2.34. The highest BCUT2D eigenvalue weighted by atomic mass is 16.7. The summed E-state index contributed by atoms with van der Waals surface area (Å²) >= 11 is 0. The number of hydrogen-bond donors (Lipinski definition) is 3. The van der Waals surface area contributed by atoms with Crippen LogP contribution in [0.1, 0.15) is 6.23 Å². The van der Waals surface area contributed by atoms with Crippen molar-refractivity contribution in [3.05, 3.63) is 16.7 Å². The summed E-state index contributed by atoms with van der Waals surface area (Å²) in [6.45, 7) is -0.273. The molecule has 0 aromatic carbocycles. The van der Waals surface area contributed by atoms with Crippen LogP contribution in [0.2, 0.25) is 0 Å². The highest BCUT2D eigenvalue weighted by molar-refractivity contribution is 5.71. The Kier molecular flexibility index (Phi) is 3.61. The van der Waals surface area contributed by atoms with Gasteiger partial charge in [0.05, 0.1) is 25.9 Å². The molecule has 1 unspecified atom stereocenters. The lowest BCUT2D eigenvalue weighted by Crippen LogP contribution is -2.44. The van der Waals surface area contributed by atoms with Crippen LogP contribution in [-0.2, 0) is 9.47 Å². The third-order valence-electron chi connectivity index (χ3n) is 4.38. The Bertz CT molecular complexity index is 891. The first-order valence-electron chi connectivity index (χ1n) is 7.71. The molecule has 3 N–H and O–H groups in total. The molecule has 2 aliphatic heterocycles. The second-order valence-corrected chi connectivity index (χ2v) is 6.37. The molecular formula is C14H18N6O5. The Morgan fingerprint density at radius 1 is 1.60 bits per heavy atom. The number of imidazole rings is 1. The lowest BCUT2D eigenvalue weighted by Gasteiger charge is -2.29. The van der Waals surface area contributed by atoms with Gasteiger partial charge in [0, 0.05) is 14.1 Å². The number of nitrogens with one attached hydrogen (secondary N) is 1. The standard InChI is InChI=1S/C14H18N6O5/c1-19(2)5-16-13-17-10-7(11(23)18-13)15-6-20(10)12-8-9(22)14(3-21,25-12)4-24-8/h5-6,8-9,12,21-22H,3-4H2,1-2H3,(H,17,18,23)/b16-5-/t8-,9?,12+,14-/m0/s1. The molecule has 2 fully saturated rings. The molecule has 0 amide bonds. The van der Waals surface area contributed by atoms with Crippen LogP contribution >= 0.6 is 0 Å². The minimum absolute atomic E-state index is 0.102. The van der Waals surface area contributed by atoms with Crippen LogP contribution in [0.25, 0.3) is 11.2 Å². The monoisotopic (exact) mass is 350 g/mol. The Labute approximate surface area is 141 Å². The number of ether oxygens (including phenoxy) is 2. The van der Waals surface area contributed by atoms with Crippen LogP contribution < -0.4 is 5.56 Å². The van der Waals surface area contributed by atoms with Crippen LogP contribution in [-0.4, -0.2) is 86.1 Å². The van der Waals surface area contributed by atoms with Gasteiger partial charge in [0.2, 0.25) is 5.95 Å². The molecule has 2 bridgehead atoms. The van der Waals surface area contributed by atoms with E-state index in [-0.39, 0.29) is 30.3 Å². The highest BCUT2D eigenvalue weighted by Crippen LogP contribution is 2.45. The normalized spacial score (nSPS) is 31.4. The molecule has 4 heterocycles. The van der Waals surface area contributed by atoms with Crippen molar-refractivity contribution in [3.8, 4) is 0 Å². The average molecular weight is 350 g/mol. The number of aromatic nitrogens is 4. The first kappa shape index (κ1) is 16.1. The Morgan fingerprint density at radius 3 is 3.08 bits per heavy atom. The molecule has 11 nitrogen and oxygen atoms in total. The van der Waals surface area contributed by atoms with E-state index in [2.05, 4.69) is 19.9 Å². The third kappa shape index (κ3) is 2.35. The first-order chi connectivity index (χ1) is 11.9. The zero-order valence-corrected chi connectivity index (χ0v) is 13.7. The molecule has 11 heteroatoms. The summed E-state index contributed by atoms with van der Waals surface area (Å²) in [4.78, 5) is 28.9. The van der Waals surface area contributed by atoms with Crippen molar-refractivity contribution in [2.24, 2.45) is 4.99 Å². The zero-order valence-electron chi connectivity index (χ0n) is 13.7. The first-order valence-corrected chi connectivity index (χ1v) is 7.71. The molecule has 0 spiro atoms. The number of aliphatic imine (C=N–C) groups is 1. The summed E-state index contributed by atoms with van der Waals surface area (Å²) in [5, 5.41) is 19.9. The van der Waals surface area contributed by atoms with Crippen molar-refractivity contribution in [3.63, 3.8) is 0 Å². The maximum atomic E-state index is 12.2. The van der Waals surface area contributed by atoms with Gasteiger partial charge in [0.15, 0.2) is 17.4 Å². The van der Waals surface area contributed by atoms with Crippen molar-refractivity contribution in [2.45, 2.75) is 24.0 Å². The van der Waals surface area contributed by atoms with E-state index in [1.54, 1.807) is 19.0 Å². The molecule has 4 atom stereocenters. The summed E-state index contributed by atoms with van der Waals surface area (Å²) in [6, 6.07) is 0. The average Bonchev–Trinajstić information content (AvgIpc) is 3.23. The minimum atomic E-state index is -1.17. The number of rotatable bonds is 4. The number of nitrogens with zero attached hydrogens (tertiary/aromatic N) is 5. The molecule has 0 radical (unpaired) electrons. The smallest absolute Gasteiger partial charge is 0.280 e. The van der Waals surface area contributed by atoms with E-state index in [9.17, 15) is 15.0 Å². The van der Waals surface area contributed by atoms with Crippen LogP contribution in [0.4, 0.5) is 5.95 Å². The number of hydrogen-bond acceptors (Lipinski definition) is 8. The summed E-state index contributed by atoms with van der Waals surface area (Å²) in [5.74, 6) is 0.120. The molecule has 2 saturated heterocycles. The second kappa shape index (κ2) is 5.59. The quantitative estimate of drug-likeness (QED) is 0.441. The lowest BCUT2D eigenvalue weighted by molar-refractivity contribution is -0.185. The third-order valence-corrected chi connectivity index (χ3v) is 4.38. The number of aliphatic hydroxyl groups is 2. The molecule has 2 aliphatic rings. The topological polar surface area (TPSA) is 138 Å². The van der Waals surface area contributed by atoms with E-state index in [0.717, 1.165) is 0 Å². The SMILES string of the molecule is CN(C)/C=N\c1nc2c(ncn2[C@@H]2O[C@@]3(CO)CO[C@H]2C3O)c(=O)[nH]1. The molecule has 0 aliphatic carbocycles. The fourth-order valence-corrected chi connectivity index (χ4v) is 3.09.